The largest absolute Gasteiger partial charge is 0.493 e. The monoisotopic (exact) mass is 279 g/mol. The fraction of sp³-hybridized carbons (Fsp3) is 0.368. The molecule has 0 saturated heterocycles. The molecule has 0 bridgehead atoms. The van der Waals surface area contributed by atoms with Gasteiger partial charge in [-0.15, -0.1) is 0 Å². The molecule has 2 aliphatic heterocycles. The van der Waals surface area contributed by atoms with Gasteiger partial charge in [0.2, 0.25) is 0 Å². The van der Waals surface area contributed by atoms with Crippen molar-refractivity contribution in [2.45, 2.75) is 31.2 Å². The van der Waals surface area contributed by atoms with Crippen molar-refractivity contribution in [3.8, 4) is 5.75 Å². The van der Waals surface area contributed by atoms with Gasteiger partial charge in [0.05, 0.1) is 6.61 Å². The van der Waals surface area contributed by atoms with Gasteiger partial charge < -0.3 is 10.1 Å². The molecule has 0 amide bonds. The standard InChI is InChI=1S/C19H21NO/c1-2-6-17-15(5-1)12-20-13-16(17)11-14-9-10-21-19-8-4-3-7-18(14)19/h1-8,14,16,20H,9-13H2. The van der Waals surface area contributed by atoms with Crippen molar-refractivity contribution in [1.29, 1.82) is 0 Å². The van der Waals surface area contributed by atoms with Gasteiger partial charge >= 0.3 is 0 Å². The third-order valence-electron chi connectivity index (χ3n) is 4.85. The molecule has 1 N–H and O–H groups in total. The third kappa shape index (κ3) is 2.44. The Morgan fingerprint density at radius 2 is 1.76 bits per heavy atom. The Balaban J connectivity index is 1.61. The molecule has 2 unspecified atom stereocenters. The first-order valence-corrected chi connectivity index (χ1v) is 7.92. The number of fused-ring (bicyclic) bond motifs is 2. The second kappa shape index (κ2) is 5.53. The van der Waals surface area contributed by atoms with E-state index in [1.54, 1.807) is 5.56 Å². The summed E-state index contributed by atoms with van der Waals surface area (Å²) in [4.78, 5) is 0. The van der Waals surface area contributed by atoms with Crippen LogP contribution in [0.5, 0.6) is 5.75 Å². The molecule has 0 aliphatic carbocycles. The highest BCUT2D eigenvalue weighted by atomic mass is 16.5. The number of benzene rings is 2. The van der Waals surface area contributed by atoms with E-state index in [-0.39, 0.29) is 0 Å². The molecule has 2 heterocycles. The van der Waals surface area contributed by atoms with Crippen LogP contribution in [0, 0.1) is 0 Å². The van der Waals surface area contributed by atoms with Crippen molar-refractivity contribution in [1.82, 2.24) is 5.32 Å². The van der Waals surface area contributed by atoms with E-state index in [0.29, 0.717) is 11.8 Å². The van der Waals surface area contributed by atoms with E-state index < -0.39 is 0 Å². The molecule has 2 atom stereocenters. The van der Waals surface area contributed by atoms with E-state index in [1.165, 1.54) is 17.5 Å². The number of hydrogen-bond donors (Lipinski definition) is 1. The Kier molecular flexibility index (Phi) is 3.40. The quantitative estimate of drug-likeness (QED) is 0.902. The molecule has 2 nitrogen and oxygen atoms in total. The number of para-hydroxylation sites is 1. The zero-order valence-electron chi connectivity index (χ0n) is 12.2. The number of rotatable bonds is 2. The Hall–Kier alpha value is -1.80. The van der Waals surface area contributed by atoms with Crippen molar-refractivity contribution in [3.05, 3.63) is 65.2 Å². The van der Waals surface area contributed by atoms with Gasteiger partial charge in [-0.2, -0.15) is 0 Å². The summed E-state index contributed by atoms with van der Waals surface area (Å²) < 4.78 is 5.80. The Morgan fingerprint density at radius 3 is 2.71 bits per heavy atom. The van der Waals surface area contributed by atoms with Crippen LogP contribution in [-0.2, 0) is 6.54 Å². The molecule has 108 valence electrons. The molecule has 2 aliphatic rings. The van der Waals surface area contributed by atoms with Crippen molar-refractivity contribution < 1.29 is 4.74 Å². The van der Waals surface area contributed by atoms with E-state index in [9.17, 15) is 0 Å². The molecule has 0 saturated carbocycles. The van der Waals surface area contributed by atoms with Crippen molar-refractivity contribution in [2.75, 3.05) is 13.2 Å². The molecule has 0 radical (unpaired) electrons. The normalized spacial score (nSPS) is 23.8. The first-order chi connectivity index (χ1) is 10.4. The molecule has 4 rings (SSSR count). The van der Waals surface area contributed by atoms with Gasteiger partial charge in [-0.3, -0.25) is 0 Å². The van der Waals surface area contributed by atoms with Crippen molar-refractivity contribution in [3.63, 3.8) is 0 Å². The van der Waals surface area contributed by atoms with Crippen LogP contribution < -0.4 is 10.1 Å². The lowest BCUT2D eigenvalue weighted by Crippen LogP contribution is -2.29. The van der Waals surface area contributed by atoms with E-state index >= 15 is 0 Å². The Bertz CT molecular complexity index is 581. The lowest BCUT2D eigenvalue weighted by molar-refractivity contribution is 0.257. The SMILES string of the molecule is c1ccc2c(c1)CNCC2CC1CCOc2ccccc21. The lowest BCUT2D eigenvalue weighted by Gasteiger charge is -2.32. The molecule has 2 aromatic rings. The summed E-state index contributed by atoms with van der Waals surface area (Å²) in [5.41, 5.74) is 4.40. The van der Waals surface area contributed by atoms with Crippen LogP contribution in [0.3, 0.4) is 0 Å². The fourth-order valence-electron chi connectivity index (χ4n) is 3.80. The second-order valence-electron chi connectivity index (χ2n) is 6.13. The highest BCUT2D eigenvalue weighted by Gasteiger charge is 2.27. The summed E-state index contributed by atoms with van der Waals surface area (Å²) in [5, 5.41) is 3.57. The molecule has 0 aromatic heterocycles. The molecular formula is C19H21NO. The average Bonchev–Trinajstić information content (AvgIpc) is 2.56. The van der Waals surface area contributed by atoms with Crippen LogP contribution in [0.2, 0.25) is 0 Å². The van der Waals surface area contributed by atoms with Crippen LogP contribution in [0.25, 0.3) is 0 Å². The highest BCUT2D eigenvalue weighted by molar-refractivity contribution is 5.39. The topological polar surface area (TPSA) is 21.3 Å². The van der Waals surface area contributed by atoms with Gasteiger partial charge in [0.1, 0.15) is 5.75 Å². The van der Waals surface area contributed by atoms with Crippen LogP contribution in [0.15, 0.2) is 48.5 Å². The molecular weight excluding hydrogens is 258 g/mol. The number of hydrogen-bond acceptors (Lipinski definition) is 2. The minimum atomic E-state index is 0.617. The third-order valence-corrected chi connectivity index (χ3v) is 4.85. The molecule has 2 aromatic carbocycles. The second-order valence-corrected chi connectivity index (χ2v) is 6.13. The van der Waals surface area contributed by atoms with E-state index in [4.69, 9.17) is 4.74 Å². The minimum absolute atomic E-state index is 0.617. The summed E-state index contributed by atoms with van der Waals surface area (Å²) in [6, 6.07) is 17.4. The maximum atomic E-state index is 5.80. The zero-order chi connectivity index (χ0) is 14.1. The van der Waals surface area contributed by atoms with Crippen LogP contribution in [0.4, 0.5) is 0 Å². The number of nitrogens with one attached hydrogen (secondary N) is 1. The number of ether oxygens (including phenoxy) is 1. The molecule has 0 fully saturated rings. The zero-order valence-corrected chi connectivity index (χ0v) is 12.2. The van der Waals surface area contributed by atoms with E-state index in [0.717, 1.165) is 31.9 Å². The van der Waals surface area contributed by atoms with E-state index in [1.807, 2.05) is 0 Å². The fourth-order valence-corrected chi connectivity index (χ4v) is 3.80. The summed E-state index contributed by atoms with van der Waals surface area (Å²) >= 11 is 0. The minimum Gasteiger partial charge on any atom is -0.493 e. The van der Waals surface area contributed by atoms with Crippen molar-refractivity contribution >= 4 is 0 Å². The highest BCUT2D eigenvalue weighted by Crippen LogP contribution is 2.40. The van der Waals surface area contributed by atoms with Gasteiger partial charge in [-0.1, -0.05) is 42.5 Å². The average molecular weight is 279 g/mol. The summed E-state index contributed by atoms with van der Waals surface area (Å²) in [5.74, 6) is 2.32. The predicted octanol–water partition coefficient (Wildman–Crippen LogP) is 3.83. The first kappa shape index (κ1) is 12.9. The molecule has 2 heteroatoms. The van der Waals surface area contributed by atoms with Gasteiger partial charge in [0, 0.05) is 13.1 Å². The van der Waals surface area contributed by atoms with Gasteiger partial charge in [0.15, 0.2) is 0 Å². The maximum Gasteiger partial charge on any atom is 0.122 e. The van der Waals surface area contributed by atoms with Crippen molar-refractivity contribution in [2.24, 2.45) is 0 Å². The maximum absolute atomic E-state index is 5.80. The van der Waals surface area contributed by atoms with Crippen LogP contribution >= 0.6 is 0 Å². The van der Waals surface area contributed by atoms with Gasteiger partial charge in [-0.05, 0) is 47.4 Å². The van der Waals surface area contributed by atoms with Crippen LogP contribution in [-0.4, -0.2) is 13.2 Å². The Labute approximate surface area is 126 Å². The molecule has 0 spiro atoms. The predicted molar refractivity (Wildman–Crippen MR) is 84.8 cm³/mol. The van der Waals surface area contributed by atoms with Crippen LogP contribution in [0.1, 0.15) is 41.4 Å². The van der Waals surface area contributed by atoms with Gasteiger partial charge in [0.25, 0.3) is 0 Å². The smallest absolute Gasteiger partial charge is 0.122 e. The first-order valence-electron chi connectivity index (χ1n) is 7.92. The van der Waals surface area contributed by atoms with E-state index in [2.05, 4.69) is 53.8 Å². The lowest BCUT2D eigenvalue weighted by atomic mass is 9.80. The molecule has 21 heavy (non-hydrogen) atoms. The Morgan fingerprint density at radius 1 is 0.952 bits per heavy atom. The summed E-state index contributed by atoms with van der Waals surface area (Å²) in [7, 11) is 0. The summed E-state index contributed by atoms with van der Waals surface area (Å²) in [6.45, 7) is 2.96. The summed E-state index contributed by atoms with van der Waals surface area (Å²) in [6.07, 6.45) is 2.35. The van der Waals surface area contributed by atoms with Gasteiger partial charge in [-0.25, -0.2) is 0 Å².